The van der Waals surface area contributed by atoms with Crippen molar-refractivity contribution in [2.45, 2.75) is 6.61 Å². The normalized spacial score (nSPS) is 10.8. The number of aromatic amines is 1. The average Bonchev–Trinajstić information content (AvgIpc) is 2.78. The molecule has 1 heterocycles. The summed E-state index contributed by atoms with van der Waals surface area (Å²) in [6, 6.07) is 13.0. The SMILES string of the molecule is Oc1ccc2c(COc3cccc(Br)c3)c[nH]c2c1. The number of phenolic OH excluding ortho intramolecular Hbond substituents is 1. The number of fused-ring (bicyclic) bond motifs is 1. The highest BCUT2D eigenvalue weighted by Crippen LogP contribution is 2.24. The molecule has 0 fully saturated rings. The van der Waals surface area contributed by atoms with Crippen molar-refractivity contribution < 1.29 is 9.84 Å². The van der Waals surface area contributed by atoms with Crippen molar-refractivity contribution in [3.05, 3.63) is 58.7 Å². The molecular weight excluding hydrogens is 306 g/mol. The zero-order valence-corrected chi connectivity index (χ0v) is 11.6. The van der Waals surface area contributed by atoms with Gasteiger partial charge in [-0.3, -0.25) is 0 Å². The highest BCUT2D eigenvalue weighted by molar-refractivity contribution is 9.10. The van der Waals surface area contributed by atoms with Crippen LogP contribution in [0.25, 0.3) is 10.9 Å². The van der Waals surface area contributed by atoms with Gasteiger partial charge in [0.15, 0.2) is 0 Å². The second-order valence-electron chi connectivity index (χ2n) is 4.29. The number of hydrogen-bond acceptors (Lipinski definition) is 2. The zero-order valence-electron chi connectivity index (χ0n) is 10.1. The van der Waals surface area contributed by atoms with Crippen LogP contribution >= 0.6 is 15.9 Å². The molecule has 0 unspecified atom stereocenters. The Labute approximate surface area is 119 Å². The number of halogens is 1. The van der Waals surface area contributed by atoms with Crippen LogP contribution in [0, 0.1) is 0 Å². The third-order valence-electron chi connectivity index (χ3n) is 2.94. The first-order chi connectivity index (χ1) is 9.22. The first kappa shape index (κ1) is 12.1. The second-order valence-corrected chi connectivity index (χ2v) is 5.21. The Morgan fingerprint density at radius 3 is 2.89 bits per heavy atom. The molecule has 3 nitrogen and oxygen atoms in total. The van der Waals surface area contributed by atoms with Crippen molar-refractivity contribution in [2.75, 3.05) is 0 Å². The van der Waals surface area contributed by atoms with Gasteiger partial charge in [-0.2, -0.15) is 0 Å². The Hall–Kier alpha value is -1.94. The number of hydrogen-bond donors (Lipinski definition) is 2. The molecule has 0 radical (unpaired) electrons. The number of ether oxygens (including phenoxy) is 1. The fraction of sp³-hybridized carbons (Fsp3) is 0.0667. The van der Waals surface area contributed by atoms with Crippen LogP contribution in [-0.4, -0.2) is 10.1 Å². The van der Waals surface area contributed by atoms with Gasteiger partial charge in [0.2, 0.25) is 0 Å². The van der Waals surface area contributed by atoms with Gasteiger partial charge in [-0.05, 0) is 30.3 Å². The van der Waals surface area contributed by atoms with Crippen molar-refractivity contribution in [3.63, 3.8) is 0 Å². The molecule has 4 heteroatoms. The lowest BCUT2D eigenvalue weighted by atomic mass is 10.2. The van der Waals surface area contributed by atoms with Crippen LogP contribution < -0.4 is 4.74 Å². The Morgan fingerprint density at radius 1 is 1.16 bits per heavy atom. The predicted molar refractivity (Wildman–Crippen MR) is 78.4 cm³/mol. The maximum absolute atomic E-state index is 9.42. The van der Waals surface area contributed by atoms with Gasteiger partial charge in [0, 0.05) is 33.2 Å². The first-order valence-electron chi connectivity index (χ1n) is 5.90. The van der Waals surface area contributed by atoms with E-state index in [-0.39, 0.29) is 5.75 Å². The largest absolute Gasteiger partial charge is 0.508 e. The molecular formula is C15H12BrNO2. The molecule has 0 atom stereocenters. The van der Waals surface area contributed by atoms with E-state index in [0.717, 1.165) is 26.7 Å². The van der Waals surface area contributed by atoms with Crippen molar-refractivity contribution in [1.29, 1.82) is 0 Å². The number of benzene rings is 2. The third kappa shape index (κ3) is 2.58. The van der Waals surface area contributed by atoms with Gasteiger partial charge in [-0.15, -0.1) is 0 Å². The Bertz CT molecular complexity index is 721. The molecule has 0 aliphatic carbocycles. The van der Waals surface area contributed by atoms with Crippen molar-refractivity contribution >= 4 is 26.8 Å². The molecule has 2 N–H and O–H groups in total. The minimum Gasteiger partial charge on any atom is -0.508 e. The maximum Gasteiger partial charge on any atom is 0.120 e. The molecule has 0 spiro atoms. The van der Waals surface area contributed by atoms with Gasteiger partial charge in [0.05, 0.1) is 0 Å². The minimum absolute atomic E-state index is 0.258. The lowest BCUT2D eigenvalue weighted by Gasteiger charge is -2.05. The number of phenols is 1. The highest BCUT2D eigenvalue weighted by Gasteiger charge is 2.05. The van der Waals surface area contributed by atoms with Gasteiger partial charge in [-0.1, -0.05) is 22.0 Å². The van der Waals surface area contributed by atoms with E-state index < -0.39 is 0 Å². The third-order valence-corrected chi connectivity index (χ3v) is 3.43. The molecule has 0 bridgehead atoms. The Morgan fingerprint density at radius 2 is 2.05 bits per heavy atom. The van der Waals surface area contributed by atoms with Crippen LogP contribution in [0.5, 0.6) is 11.5 Å². The van der Waals surface area contributed by atoms with E-state index in [1.807, 2.05) is 36.5 Å². The zero-order chi connectivity index (χ0) is 13.2. The van der Waals surface area contributed by atoms with Crippen LogP contribution in [0.15, 0.2) is 53.1 Å². The van der Waals surface area contributed by atoms with Gasteiger partial charge >= 0.3 is 0 Å². The monoisotopic (exact) mass is 317 g/mol. The molecule has 0 aliphatic heterocycles. The molecule has 1 aromatic heterocycles. The predicted octanol–water partition coefficient (Wildman–Crippen LogP) is 4.22. The van der Waals surface area contributed by atoms with Crippen molar-refractivity contribution in [3.8, 4) is 11.5 Å². The highest BCUT2D eigenvalue weighted by atomic mass is 79.9. The summed E-state index contributed by atoms with van der Waals surface area (Å²) in [4.78, 5) is 3.13. The lowest BCUT2D eigenvalue weighted by molar-refractivity contribution is 0.307. The molecule has 0 saturated carbocycles. The summed E-state index contributed by atoms with van der Waals surface area (Å²) in [7, 11) is 0. The maximum atomic E-state index is 9.42. The number of H-pyrrole nitrogens is 1. The van der Waals surface area contributed by atoms with Crippen LogP contribution in [0.3, 0.4) is 0 Å². The minimum atomic E-state index is 0.258. The Balaban J connectivity index is 1.82. The topological polar surface area (TPSA) is 45.2 Å². The van der Waals surface area contributed by atoms with Crippen molar-refractivity contribution in [2.24, 2.45) is 0 Å². The molecule has 3 rings (SSSR count). The first-order valence-corrected chi connectivity index (χ1v) is 6.69. The Kier molecular flexibility index (Phi) is 3.17. The lowest BCUT2D eigenvalue weighted by Crippen LogP contribution is -1.94. The van der Waals surface area contributed by atoms with Crippen LogP contribution in [0.1, 0.15) is 5.56 Å². The van der Waals surface area contributed by atoms with E-state index in [1.54, 1.807) is 12.1 Å². The molecule has 19 heavy (non-hydrogen) atoms. The average molecular weight is 318 g/mol. The van der Waals surface area contributed by atoms with Crippen molar-refractivity contribution in [1.82, 2.24) is 4.98 Å². The van der Waals surface area contributed by atoms with E-state index in [0.29, 0.717) is 6.61 Å². The molecule has 2 aromatic carbocycles. The van der Waals surface area contributed by atoms with E-state index in [9.17, 15) is 5.11 Å². The van der Waals surface area contributed by atoms with Gasteiger partial charge in [0.25, 0.3) is 0 Å². The molecule has 0 amide bonds. The van der Waals surface area contributed by atoms with Crippen LogP contribution in [0.2, 0.25) is 0 Å². The summed E-state index contributed by atoms with van der Waals surface area (Å²) < 4.78 is 6.75. The van der Waals surface area contributed by atoms with E-state index in [1.165, 1.54) is 0 Å². The number of rotatable bonds is 3. The summed E-state index contributed by atoms with van der Waals surface area (Å²) >= 11 is 3.41. The van der Waals surface area contributed by atoms with Gasteiger partial charge in [0.1, 0.15) is 18.1 Å². The van der Waals surface area contributed by atoms with Crippen LogP contribution in [0.4, 0.5) is 0 Å². The summed E-state index contributed by atoms with van der Waals surface area (Å²) in [6.45, 7) is 0.487. The number of aromatic hydroxyl groups is 1. The fourth-order valence-electron chi connectivity index (χ4n) is 2.01. The fourth-order valence-corrected chi connectivity index (χ4v) is 2.39. The summed E-state index contributed by atoms with van der Waals surface area (Å²) in [5.41, 5.74) is 1.97. The van der Waals surface area contributed by atoms with Gasteiger partial charge < -0.3 is 14.8 Å². The standard InChI is InChI=1S/C15H12BrNO2/c16-11-2-1-3-13(6-11)19-9-10-8-17-15-7-12(18)4-5-14(10)15/h1-8,17-18H,9H2. The van der Waals surface area contributed by atoms with Gasteiger partial charge in [-0.25, -0.2) is 0 Å². The summed E-state index contributed by atoms with van der Waals surface area (Å²) in [6.07, 6.45) is 1.90. The smallest absolute Gasteiger partial charge is 0.120 e. The number of nitrogens with one attached hydrogen (secondary N) is 1. The second kappa shape index (κ2) is 4.97. The van der Waals surface area contributed by atoms with E-state index in [4.69, 9.17) is 4.74 Å². The molecule has 96 valence electrons. The number of aromatic nitrogens is 1. The van der Waals surface area contributed by atoms with E-state index in [2.05, 4.69) is 20.9 Å². The van der Waals surface area contributed by atoms with Crippen LogP contribution in [-0.2, 0) is 6.61 Å². The molecule has 0 saturated heterocycles. The van der Waals surface area contributed by atoms with E-state index >= 15 is 0 Å². The molecule has 0 aliphatic rings. The molecule has 3 aromatic rings. The summed E-state index contributed by atoms with van der Waals surface area (Å²) in [5.74, 6) is 1.08. The quantitative estimate of drug-likeness (QED) is 0.759. The summed E-state index contributed by atoms with van der Waals surface area (Å²) in [5, 5.41) is 10.5.